The Labute approximate surface area is 148 Å². The van der Waals surface area contributed by atoms with E-state index in [9.17, 15) is 13.2 Å². The summed E-state index contributed by atoms with van der Waals surface area (Å²) >= 11 is 1.61. The van der Waals surface area contributed by atoms with Crippen molar-refractivity contribution in [2.75, 3.05) is 0 Å². The maximum absolute atomic E-state index is 14.5. The van der Waals surface area contributed by atoms with Gasteiger partial charge in [-0.15, -0.1) is 0 Å². The van der Waals surface area contributed by atoms with Crippen molar-refractivity contribution in [3.8, 4) is 11.1 Å². The summed E-state index contributed by atoms with van der Waals surface area (Å²) in [4.78, 5) is 0. The first kappa shape index (κ1) is 16.8. The monoisotopic (exact) mass is 430 g/mol. The Morgan fingerprint density at radius 3 is 2.04 bits per heavy atom. The minimum atomic E-state index is -0.662. The molecular weight excluding hydrogens is 412 g/mol. The minimum Gasteiger partial charge on any atom is -0.206 e. The highest BCUT2D eigenvalue weighted by Crippen LogP contribution is 2.37. The molecule has 0 radical (unpaired) electrons. The van der Waals surface area contributed by atoms with Crippen LogP contribution in [0.2, 0.25) is 0 Å². The van der Waals surface area contributed by atoms with Crippen molar-refractivity contribution in [2.24, 2.45) is 5.92 Å². The molecule has 1 saturated carbocycles. The van der Waals surface area contributed by atoms with Crippen molar-refractivity contribution in [3.63, 3.8) is 0 Å². The zero-order chi connectivity index (χ0) is 16.6. The van der Waals surface area contributed by atoms with E-state index >= 15 is 0 Å². The van der Waals surface area contributed by atoms with Gasteiger partial charge in [0.2, 0.25) is 0 Å². The molecule has 23 heavy (non-hydrogen) atoms. The molecule has 1 fully saturated rings. The van der Waals surface area contributed by atoms with Gasteiger partial charge < -0.3 is 0 Å². The van der Waals surface area contributed by atoms with Crippen LogP contribution in [0.25, 0.3) is 11.1 Å². The van der Waals surface area contributed by atoms with Gasteiger partial charge in [-0.25, -0.2) is 13.2 Å². The average molecular weight is 430 g/mol. The normalized spacial score (nSPS) is 21.4. The number of benzene rings is 2. The molecule has 0 saturated heterocycles. The largest absolute Gasteiger partial charge is 0.206 e. The van der Waals surface area contributed by atoms with Crippen LogP contribution in [0.3, 0.4) is 0 Å². The zero-order valence-corrected chi connectivity index (χ0v) is 15.0. The number of hydrogen-bond donors (Lipinski definition) is 0. The molecule has 0 amide bonds. The number of halogens is 4. The Kier molecular flexibility index (Phi) is 4.99. The van der Waals surface area contributed by atoms with Gasteiger partial charge in [0, 0.05) is 5.56 Å². The van der Waals surface area contributed by atoms with E-state index in [1.165, 1.54) is 31.0 Å². The molecule has 0 nitrogen and oxygen atoms in total. The first-order chi connectivity index (χ1) is 11.0. The third-order valence-corrected chi connectivity index (χ3v) is 5.81. The van der Waals surface area contributed by atoms with Crippen molar-refractivity contribution in [1.29, 1.82) is 0 Å². The third kappa shape index (κ3) is 3.57. The maximum Gasteiger partial charge on any atom is 0.140 e. The van der Waals surface area contributed by atoms with Crippen LogP contribution >= 0.6 is 22.6 Å². The summed E-state index contributed by atoms with van der Waals surface area (Å²) in [5.74, 6) is -0.607. The summed E-state index contributed by atoms with van der Waals surface area (Å²) in [6.07, 6.45) is 4.49. The SMILES string of the molecule is CC1CCC(c2ccc(-c3cc(F)c(I)c(F)c3)c(F)c2)CC1. The molecule has 0 N–H and O–H groups in total. The average Bonchev–Trinajstić information content (AvgIpc) is 2.53. The molecular formula is C19H18F3I. The predicted octanol–water partition coefficient (Wildman–Crippen LogP) is 6.67. The van der Waals surface area contributed by atoms with Gasteiger partial charge in [-0.05, 0) is 76.6 Å². The number of rotatable bonds is 2. The molecule has 4 heteroatoms. The van der Waals surface area contributed by atoms with Crippen LogP contribution in [0.4, 0.5) is 13.2 Å². The molecule has 0 heterocycles. The molecule has 0 unspecified atom stereocenters. The lowest BCUT2D eigenvalue weighted by molar-refractivity contribution is 0.347. The molecule has 3 rings (SSSR count). The van der Waals surface area contributed by atoms with E-state index in [-0.39, 0.29) is 14.7 Å². The predicted molar refractivity (Wildman–Crippen MR) is 94.8 cm³/mol. The summed E-state index contributed by atoms with van der Waals surface area (Å²) in [6, 6.07) is 7.44. The van der Waals surface area contributed by atoms with Crippen molar-refractivity contribution in [3.05, 3.63) is 56.9 Å². The Morgan fingerprint density at radius 2 is 1.48 bits per heavy atom. The summed E-state index contributed by atoms with van der Waals surface area (Å²) in [5, 5.41) is 0. The second-order valence-electron chi connectivity index (χ2n) is 6.45. The van der Waals surface area contributed by atoms with Crippen molar-refractivity contribution in [1.82, 2.24) is 0 Å². The van der Waals surface area contributed by atoms with Crippen LogP contribution in [0.1, 0.15) is 44.1 Å². The van der Waals surface area contributed by atoms with E-state index in [1.54, 1.807) is 28.7 Å². The molecule has 0 spiro atoms. The van der Waals surface area contributed by atoms with Crippen LogP contribution in [0.5, 0.6) is 0 Å². The Hall–Kier alpha value is -1.04. The van der Waals surface area contributed by atoms with Crippen molar-refractivity contribution in [2.45, 2.75) is 38.5 Å². The Balaban J connectivity index is 1.91. The van der Waals surface area contributed by atoms with Gasteiger partial charge in [0.15, 0.2) is 0 Å². The van der Waals surface area contributed by atoms with Crippen molar-refractivity contribution < 1.29 is 13.2 Å². The zero-order valence-electron chi connectivity index (χ0n) is 12.9. The topological polar surface area (TPSA) is 0 Å². The summed E-state index contributed by atoms with van der Waals surface area (Å²) in [5.41, 5.74) is 1.47. The van der Waals surface area contributed by atoms with Crippen molar-refractivity contribution >= 4 is 22.6 Å². The quantitative estimate of drug-likeness (QED) is 0.369. The van der Waals surface area contributed by atoms with E-state index in [1.807, 2.05) is 6.07 Å². The standard InChI is InChI=1S/C19H18F3I/c1-11-2-4-12(5-3-11)13-6-7-15(16(20)8-13)14-9-17(21)19(23)18(22)10-14/h6-12H,2-5H2,1H3. The highest BCUT2D eigenvalue weighted by atomic mass is 127. The van der Waals surface area contributed by atoms with E-state index in [2.05, 4.69) is 6.92 Å². The highest BCUT2D eigenvalue weighted by molar-refractivity contribution is 14.1. The smallest absolute Gasteiger partial charge is 0.140 e. The first-order valence-corrected chi connectivity index (χ1v) is 8.98. The summed E-state index contributed by atoms with van der Waals surface area (Å²) in [6.45, 7) is 2.25. The second kappa shape index (κ2) is 6.83. The Morgan fingerprint density at radius 1 is 0.870 bits per heavy atom. The van der Waals surface area contributed by atoms with Crippen LogP contribution in [-0.4, -0.2) is 0 Å². The molecule has 2 aromatic rings. The van der Waals surface area contributed by atoms with Crippen LogP contribution in [0, 0.1) is 26.9 Å². The first-order valence-electron chi connectivity index (χ1n) is 7.90. The fourth-order valence-corrected chi connectivity index (χ4v) is 3.64. The molecule has 0 atom stereocenters. The fourth-order valence-electron chi connectivity index (χ4n) is 3.32. The summed E-state index contributed by atoms with van der Waals surface area (Å²) < 4.78 is 41.8. The van der Waals surface area contributed by atoms with Gasteiger partial charge in [0.05, 0.1) is 3.57 Å². The highest BCUT2D eigenvalue weighted by Gasteiger charge is 2.21. The van der Waals surface area contributed by atoms with Gasteiger partial charge in [-0.1, -0.05) is 31.9 Å². The van der Waals surface area contributed by atoms with Gasteiger partial charge >= 0.3 is 0 Å². The number of hydrogen-bond acceptors (Lipinski definition) is 0. The van der Waals surface area contributed by atoms with Gasteiger partial charge in [-0.3, -0.25) is 0 Å². The lowest BCUT2D eigenvalue weighted by Crippen LogP contribution is -2.11. The lowest BCUT2D eigenvalue weighted by Gasteiger charge is -2.26. The van der Waals surface area contributed by atoms with Gasteiger partial charge in [0.1, 0.15) is 17.5 Å². The molecule has 1 aliphatic rings. The lowest BCUT2D eigenvalue weighted by atomic mass is 9.79. The second-order valence-corrected chi connectivity index (χ2v) is 7.53. The van der Waals surface area contributed by atoms with Gasteiger partial charge in [0.25, 0.3) is 0 Å². The van der Waals surface area contributed by atoms with Crippen LogP contribution in [-0.2, 0) is 0 Å². The maximum atomic E-state index is 14.5. The van der Waals surface area contributed by atoms with Gasteiger partial charge in [-0.2, -0.15) is 0 Å². The molecule has 1 aliphatic carbocycles. The molecule has 0 aromatic heterocycles. The van der Waals surface area contributed by atoms with Crippen LogP contribution in [0.15, 0.2) is 30.3 Å². The van der Waals surface area contributed by atoms with E-state index in [0.29, 0.717) is 5.92 Å². The molecule has 0 aliphatic heterocycles. The third-order valence-electron chi connectivity index (χ3n) is 4.78. The van der Waals surface area contributed by atoms with E-state index in [4.69, 9.17) is 0 Å². The molecule has 122 valence electrons. The van der Waals surface area contributed by atoms with E-state index < -0.39 is 17.5 Å². The van der Waals surface area contributed by atoms with E-state index in [0.717, 1.165) is 24.3 Å². The molecule has 2 aromatic carbocycles. The summed E-state index contributed by atoms with van der Waals surface area (Å²) in [7, 11) is 0. The Bertz CT molecular complexity index is 696. The van der Waals surface area contributed by atoms with Crippen LogP contribution < -0.4 is 0 Å². The fraction of sp³-hybridized carbons (Fsp3) is 0.368. The molecule has 0 bridgehead atoms. The minimum absolute atomic E-state index is 0.0697.